The second-order valence-electron chi connectivity index (χ2n) is 9.28. The summed E-state index contributed by atoms with van der Waals surface area (Å²) in [4.78, 5) is 14.3. The van der Waals surface area contributed by atoms with Gasteiger partial charge in [-0.25, -0.2) is 8.78 Å². The third kappa shape index (κ3) is 4.11. The van der Waals surface area contributed by atoms with E-state index in [4.69, 9.17) is 0 Å². The van der Waals surface area contributed by atoms with Crippen LogP contribution in [-0.4, -0.2) is 55.9 Å². The lowest BCUT2D eigenvalue weighted by Crippen LogP contribution is -2.28. The second kappa shape index (κ2) is 8.78. The molecule has 34 heavy (non-hydrogen) atoms. The highest BCUT2D eigenvalue weighted by atomic mass is 32.2. The number of halogens is 2. The zero-order valence-corrected chi connectivity index (χ0v) is 19.9. The molecule has 3 aromatic rings. The number of aromatic nitrogens is 3. The van der Waals surface area contributed by atoms with E-state index in [0.717, 1.165) is 61.1 Å². The Balaban J connectivity index is 1.15. The topological polar surface area (TPSA) is 71.2 Å². The van der Waals surface area contributed by atoms with Gasteiger partial charge in [0, 0.05) is 36.9 Å². The molecule has 2 atom stereocenters. The number of nitrogens with zero attached hydrogens (tertiary/aromatic N) is 4. The quantitative estimate of drug-likeness (QED) is 0.290. The third-order valence-corrected chi connectivity index (χ3v) is 8.14. The number of likely N-dealkylation sites (tertiary alicyclic amines) is 1. The van der Waals surface area contributed by atoms with Gasteiger partial charge in [0.25, 0.3) is 0 Å². The van der Waals surface area contributed by atoms with Gasteiger partial charge in [-0.05, 0) is 68.1 Å². The second-order valence-corrected chi connectivity index (χ2v) is 10.3. The SMILES string of the molecule is CC(=O)c1cc(C23C[C@@H]2CN(CCCSc2nnc(-c4ccc(F)c(F)c4)n2C)C3)ccc1O. The lowest BCUT2D eigenvalue weighted by atomic mass is 9.92. The van der Waals surface area contributed by atoms with E-state index in [1.54, 1.807) is 22.4 Å². The highest BCUT2D eigenvalue weighted by Gasteiger charge is 2.60. The molecule has 1 saturated carbocycles. The van der Waals surface area contributed by atoms with Gasteiger partial charge in [-0.15, -0.1) is 10.2 Å². The average molecular weight is 485 g/mol. The number of benzene rings is 2. The van der Waals surface area contributed by atoms with Crippen LogP contribution in [0.1, 0.15) is 35.7 Å². The first-order valence-electron chi connectivity index (χ1n) is 11.3. The van der Waals surface area contributed by atoms with Crippen molar-refractivity contribution in [3.8, 4) is 17.1 Å². The van der Waals surface area contributed by atoms with E-state index >= 15 is 0 Å². The van der Waals surface area contributed by atoms with Crippen molar-refractivity contribution in [1.29, 1.82) is 0 Å². The van der Waals surface area contributed by atoms with Crippen molar-refractivity contribution in [3.63, 3.8) is 0 Å². The number of hydrogen-bond donors (Lipinski definition) is 1. The van der Waals surface area contributed by atoms with Crippen molar-refractivity contribution >= 4 is 17.5 Å². The third-order valence-electron chi connectivity index (χ3n) is 7.03. The summed E-state index contributed by atoms with van der Waals surface area (Å²) in [6, 6.07) is 9.20. The molecular weight excluding hydrogens is 458 g/mol. The largest absolute Gasteiger partial charge is 0.507 e. The molecular formula is C25H26F2N4O2S. The first-order chi connectivity index (χ1) is 16.3. The molecule has 0 amide bonds. The maximum absolute atomic E-state index is 13.6. The number of Topliss-reactive ketones (excluding diaryl/α,β-unsaturated/α-hetero) is 1. The van der Waals surface area contributed by atoms with Crippen LogP contribution >= 0.6 is 11.8 Å². The number of ketones is 1. The van der Waals surface area contributed by atoms with Crippen molar-refractivity contribution < 1.29 is 18.7 Å². The molecule has 1 aliphatic carbocycles. The van der Waals surface area contributed by atoms with E-state index in [9.17, 15) is 18.7 Å². The number of phenolic OH excluding ortho intramolecular Hbond substituents is 1. The van der Waals surface area contributed by atoms with Gasteiger partial charge in [-0.1, -0.05) is 17.8 Å². The van der Waals surface area contributed by atoms with E-state index in [1.807, 2.05) is 19.2 Å². The fourth-order valence-electron chi connectivity index (χ4n) is 5.11. The molecule has 2 fully saturated rings. The standard InChI is InChI=1S/C25H26F2N4O2S/c1-15(32)19-11-17(5-7-22(19)33)25-12-18(25)13-31(14-25)8-3-9-34-24-29-28-23(30(24)2)16-4-6-20(26)21(27)10-16/h4-7,10-11,18,33H,3,8-9,12-14H2,1-2H3/t18-,25?/m1/s1. The number of rotatable bonds is 8. The zero-order valence-electron chi connectivity index (χ0n) is 19.1. The minimum absolute atomic E-state index is 0.0493. The minimum Gasteiger partial charge on any atom is -0.507 e. The summed E-state index contributed by atoms with van der Waals surface area (Å²) in [7, 11) is 1.82. The number of aromatic hydroxyl groups is 1. The Kier molecular flexibility index (Phi) is 5.93. The highest BCUT2D eigenvalue weighted by molar-refractivity contribution is 7.99. The molecule has 1 unspecified atom stereocenters. The summed E-state index contributed by atoms with van der Waals surface area (Å²) >= 11 is 1.60. The van der Waals surface area contributed by atoms with Crippen LogP contribution in [-0.2, 0) is 12.5 Å². The summed E-state index contributed by atoms with van der Waals surface area (Å²) in [5, 5.41) is 19.1. The number of phenols is 1. The monoisotopic (exact) mass is 484 g/mol. The number of thioether (sulfide) groups is 1. The summed E-state index contributed by atoms with van der Waals surface area (Å²) in [6.07, 6.45) is 2.11. The molecule has 1 aliphatic heterocycles. The molecule has 178 valence electrons. The molecule has 1 saturated heterocycles. The normalized spacial score (nSPS) is 21.6. The number of piperidine rings is 1. The smallest absolute Gasteiger partial charge is 0.191 e. The Hall–Kier alpha value is -2.78. The Morgan fingerprint density at radius 3 is 2.79 bits per heavy atom. The predicted octanol–water partition coefficient (Wildman–Crippen LogP) is 4.42. The summed E-state index contributed by atoms with van der Waals surface area (Å²) < 4.78 is 28.6. The van der Waals surface area contributed by atoms with Crippen LogP contribution in [0, 0.1) is 17.6 Å². The Bertz CT molecular complexity index is 1260. The molecule has 2 aromatic carbocycles. The van der Waals surface area contributed by atoms with Gasteiger partial charge in [0.15, 0.2) is 28.4 Å². The van der Waals surface area contributed by atoms with Crippen molar-refractivity contribution in [2.75, 3.05) is 25.4 Å². The van der Waals surface area contributed by atoms with Gasteiger partial charge in [0.2, 0.25) is 0 Å². The zero-order chi connectivity index (χ0) is 24.0. The first kappa shape index (κ1) is 23.0. The Morgan fingerprint density at radius 1 is 1.21 bits per heavy atom. The maximum Gasteiger partial charge on any atom is 0.191 e. The van der Waals surface area contributed by atoms with Crippen LogP contribution < -0.4 is 0 Å². The van der Waals surface area contributed by atoms with E-state index in [1.165, 1.54) is 13.0 Å². The Morgan fingerprint density at radius 2 is 2.03 bits per heavy atom. The summed E-state index contributed by atoms with van der Waals surface area (Å²) in [5.74, 6) is 0.117. The van der Waals surface area contributed by atoms with Crippen molar-refractivity contribution in [1.82, 2.24) is 19.7 Å². The minimum atomic E-state index is -0.902. The van der Waals surface area contributed by atoms with Gasteiger partial charge >= 0.3 is 0 Å². The molecule has 9 heteroatoms. The molecule has 5 rings (SSSR count). The van der Waals surface area contributed by atoms with Gasteiger partial charge in [0.05, 0.1) is 5.56 Å². The fraction of sp³-hybridized carbons (Fsp3) is 0.400. The lowest BCUT2D eigenvalue weighted by Gasteiger charge is -2.21. The fourth-order valence-corrected chi connectivity index (χ4v) is 5.95. The lowest BCUT2D eigenvalue weighted by molar-refractivity contribution is 0.101. The molecule has 2 aliphatic rings. The van der Waals surface area contributed by atoms with Crippen molar-refractivity contribution in [2.45, 2.75) is 30.3 Å². The first-order valence-corrected chi connectivity index (χ1v) is 12.3. The Labute approximate surface area is 201 Å². The number of hydrogen-bond acceptors (Lipinski definition) is 6. The van der Waals surface area contributed by atoms with E-state index in [0.29, 0.717) is 22.9 Å². The van der Waals surface area contributed by atoms with Gasteiger partial charge < -0.3 is 14.6 Å². The van der Waals surface area contributed by atoms with Gasteiger partial charge in [-0.3, -0.25) is 4.79 Å². The highest BCUT2D eigenvalue weighted by Crippen LogP contribution is 2.59. The molecule has 0 radical (unpaired) electrons. The van der Waals surface area contributed by atoms with Crippen LogP contribution in [0.2, 0.25) is 0 Å². The number of carbonyl (C=O) groups is 1. The van der Waals surface area contributed by atoms with Crippen molar-refractivity contribution in [2.24, 2.45) is 13.0 Å². The average Bonchev–Trinajstić information content (AvgIpc) is 3.18. The summed E-state index contributed by atoms with van der Waals surface area (Å²) in [5.41, 5.74) is 2.15. The van der Waals surface area contributed by atoms with Gasteiger partial charge in [-0.2, -0.15) is 0 Å². The van der Waals surface area contributed by atoms with Crippen LogP contribution in [0.5, 0.6) is 5.75 Å². The molecule has 2 heterocycles. The molecule has 0 spiro atoms. The van der Waals surface area contributed by atoms with E-state index < -0.39 is 11.6 Å². The number of carbonyl (C=O) groups excluding carboxylic acids is 1. The van der Waals surface area contributed by atoms with E-state index in [-0.39, 0.29) is 16.9 Å². The van der Waals surface area contributed by atoms with Crippen LogP contribution in [0.4, 0.5) is 8.78 Å². The van der Waals surface area contributed by atoms with Crippen LogP contribution in [0.25, 0.3) is 11.4 Å². The van der Waals surface area contributed by atoms with Gasteiger partial charge in [0.1, 0.15) is 5.75 Å². The molecule has 6 nitrogen and oxygen atoms in total. The summed E-state index contributed by atoms with van der Waals surface area (Å²) in [6.45, 7) is 4.47. The van der Waals surface area contributed by atoms with Crippen LogP contribution in [0.3, 0.4) is 0 Å². The molecule has 0 bridgehead atoms. The molecule has 1 N–H and O–H groups in total. The van der Waals surface area contributed by atoms with E-state index in [2.05, 4.69) is 15.1 Å². The number of fused-ring (bicyclic) bond motifs is 1. The maximum atomic E-state index is 13.6. The molecule has 1 aromatic heterocycles. The predicted molar refractivity (Wildman–Crippen MR) is 126 cm³/mol. The van der Waals surface area contributed by atoms with Crippen molar-refractivity contribution in [3.05, 3.63) is 59.2 Å². The van der Waals surface area contributed by atoms with Crippen LogP contribution in [0.15, 0.2) is 41.6 Å².